The van der Waals surface area contributed by atoms with Gasteiger partial charge in [0, 0.05) is 31.4 Å². The molecule has 1 heterocycles. The third-order valence-corrected chi connectivity index (χ3v) is 6.21. The zero-order chi connectivity index (χ0) is 18.6. The Hall–Kier alpha value is -2.22. The summed E-state index contributed by atoms with van der Waals surface area (Å²) in [7, 11) is -1.65. The molecule has 7 heteroatoms. The molecule has 138 valence electrons. The zero-order valence-corrected chi connectivity index (χ0v) is 15.5. The standard InChI is InChI=1S/C19H22N2O4S/c1-20(18-5-3-2-4-6-18)19(22)17-9-7-16(8-10-17)15-26(23,24)21-11-13-25-14-12-21/h2-10H,11-15H2,1H3. The number of sulfonamides is 1. The SMILES string of the molecule is CN(C(=O)c1ccc(CS(=O)(=O)N2CCOCC2)cc1)c1ccccc1. The molecule has 26 heavy (non-hydrogen) atoms. The van der Waals surface area contributed by atoms with Gasteiger partial charge in [-0.3, -0.25) is 4.79 Å². The molecular formula is C19H22N2O4S. The van der Waals surface area contributed by atoms with Crippen molar-refractivity contribution in [3.8, 4) is 0 Å². The average molecular weight is 374 g/mol. The minimum atomic E-state index is -3.37. The van der Waals surface area contributed by atoms with Crippen LogP contribution in [0, 0.1) is 0 Å². The highest BCUT2D eigenvalue weighted by Gasteiger charge is 2.24. The number of hydrogen-bond donors (Lipinski definition) is 0. The Morgan fingerprint density at radius 3 is 2.27 bits per heavy atom. The maximum absolute atomic E-state index is 12.6. The normalized spacial score (nSPS) is 15.6. The Morgan fingerprint density at radius 1 is 1.04 bits per heavy atom. The molecule has 0 aliphatic carbocycles. The summed E-state index contributed by atoms with van der Waals surface area (Å²) in [4.78, 5) is 14.1. The highest BCUT2D eigenvalue weighted by molar-refractivity contribution is 7.88. The number of carbonyl (C=O) groups is 1. The van der Waals surface area contributed by atoms with Crippen molar-refractivity contribution in [2.24, 2.45) is 0 Å². The first-order valence-corrected chi connectivity index (χ1v) is 10.1. The fourth-order valence-corrected chi connectivity index (χ4v) is 4.33. The molecule has 0 atom stereocenters. The number of rotatable bonds is 5. The molecule has 2 aromatic rings. The van der Waals surface area contributed by atoms with Gasteiger partial charge < -0.3 is 9.64 Å². The molecule has 1 amide bonds. The van der Waals surface area contributed by atoms with Crippen LogP contribution < -0.4 is 4.90 Å². The Balaban J connectivity index is 1.69. The number of morpholine rings is 1. The largest absolute Gasteiger partial charge is 0.379 e. The first-order valence-electron chi connectivity index (χ1n) is 8.45. The Labute approximate surface area is 154 Å². The fourth-order valence-electron chi connectivity index (χ4n) is 2.83. The second kappa shape index (κ2) is 7.99. The van der Waals surface area contributed by atoms with Crippen molar-refractivity contribution >= 4 is 21.6 Å². The molecule has 2 aromatic carbocycles. The zero-order valence-electron chi connectivity index (χ0n) is 14.7. The van der Waals surface area contributed by atoms with E-state index in [-0.39, 0.29) is 11.7 Å². The van der Waals surface area contributed by atoms with Crippen molar-refractivity contribution in [1.29, 1.82) is 0 Å². The van der Waals surface area contributed by atoms with Crippen LogP contribution in [0.25, 0.3) is 0 Å². The number of ether oxygens (including phenoxy) is 1. The second-order valence-corrected chi connectivity index (χ2v) is 8.13. The maximum Gasteiger partial charge on any atom is 0.258 e. The van der Waals surface area contributed by atoms with Gasteiger partial charge in [0.05, 0.1) is 19.0 Å². The maximum atomic E-state index is 12.6. The van der Waals surface area contributed by atoms with Crippen molar-refractivity contribution in [3.63, 3.8) is 0 Å². The molecule has 0 radical (unpaired) electrons. The van der Waals surface area contributed by atoms with Crippen LogP contribution in [0.3, 0.4) is 0 Å². The first kappa shape index (κ1) is 18.6. The summed E-state index contributed by atoms with van der Waals surface area (Å²) in [5, 5.41) is 0. The van der Waals surface area contributed by atoms with Gasteiger partial charge in [-0.05, 0) is 29.8 Å². The summed E-state index contributed by atoms with van der Waals surface area (Å²) in [6, 6.07) is 16.1. The second-order valence-electron chi connectivity index (χ2n) is 6.16. The predicted molar refractivity (Wildman–Crippen MR) is 101 cm³/mol. The van der Waals surface area contributed by atoms with Gasteiger partial charge in [-0.25, -0.2) is 8.42 Å². The molecule has 3 rings (SSSR count). The van der Waals surface area contributed by atoms with Gasteiger partial charge in [0.15, 0.2) is 0 Å². The van der Waals surface area contributed by atoms with Crippen LogP contribution in [0.5, 0.6) is 0 Å². The monoisotopic (exact) mass is 374 g/mol. The molecule has 1 saturated heterocycles. The third kappa shape index (κ3) is 4.30. The molecule has 1 fully saturated rings. The van der Waals surface area contributed by atoms with Crippen LogP contribution in [0.4, 0.5) is 5.69 Å². The lowest BCUT2D eigenvalue weighted by molar-refractivity contribution is 0.0729. The molecule has 0 aromatic heterocycles. The number of carbonyl (C=O) groups excluding carboxylic acids is 1. The number of benzene rings is 2. The number of hydrogen-bond acceptors (Lipinski definition) is 4. The summed E-state index contributed by atoms with van der Waals surface area (Å²) < 4.78 is 31.6. The Morgan fingerprint density at radius 2 is 1.65 bits per heavy atom. The van der Waals surface area contributed by atoms with E-state index in [4.69, 9.17) is 4.74 Å². The summed E-state index contributed by atoms with van der Waals surface area (Å²) in [6.07, 6.45) is 0. The summed E-state index contributed by atoms with van der Waals surface area (Å²) in [6.45, 7) is 1.64. The van der Waals surface area contributed by atoms with Crippen molar-refractivity contribution in [2.45, 2.75) is 5.75 Å². The molecule has 1 aliphatic heterocycles. The van der Waals surface area contributed by atoms with Crippen molar-refractivity contribution < 1.29 is 17.9 Å². The first-order chi connectivity index (χ1) is 12.5. The molecular weight excluding hydrogens is 352 g/mol. The Kier molecular flexibility index (Phi) is 5.70. The van der Waals surface area contributed by atoms with E-state index in [0.29, 0.717) is 37.4 Å². The van der Waals surface area contributed by atoms with Crippen molar-refractivity contribution in [2.75, 3.05) is 38.3 Å². The van der Waals surface area contributed by atoms with E-state index < -0.39 is 10.0 Å². The smallest absolute Gasteiger partial charge is 0.258 e. The summed E-state index contributed by atoms with van der Waals surface area (Å²) >= 11 is 0. The summed E-state index contributed by atoms with van der Waals surface area (Å²) in [5.74, 6) is -0.213. The Bertz CT molecular complexity index is 845. The highest BCUT2D eigenvalue weighted by atomic mass is 32.2. The van der Waals surface area contributed by atoms with E-state index >= 15 is 0 Å². The van der Waals surface area contributed by atoms with E-state index in [0.717, 1.165) is 5.69 Å². The average Bonchev–Trinajstić information content (AvgIpc) is 2.68. The van der Waals surface area contributed by atoms with E-state index in [2.05, 4.69) is 0 Å². The van der Waals surface area contributed by atoms with Crippen LogP contribution in [-0.2, 0) is 20.5 Å². The van der Waals surface area contributed by atoms with E-state index in [1.165, 1.54) is 4.31 Å². The van der Waals surface area contributed by atoms with Gasteiger partial charge in [-0.1, -0.05) is 30.3 Å². The van der Waals surface area contributed by atoms with E-state index in [1.54, 1.807) is 36.2 Å². The number of amides is 1. The van der Waals surface area contributed by atoms with Gasteiger partial charge in [0.2, 0.25) is 10.0 Å². The van der Waals surface area contributed by atoms with Crippen molar-refractivity contribution in [3.05, 3.63) is 65.7 Å². The van der Waals surface area contributed by atoms with Gasteiger partial charge >= 0.3 is 0 Å². The van der Waals surface area contributed by atoms with E-state index in [9.17, 15) is 13.2 Å². The van der Waals surface area contributed by atoms with Crippen LogP contribution in [0.15, 0.2) is 54.6 Å². The van der Waals surface area contributed by atoms with Gasteiger partial charge in [-0.15, -0.1) is 0 Å². The molecule has 6 nitrogen and oxygen atoms in total. The minimum absolute atomic E-state index is 0.0734. The molecule has 0 bridgehead atoms. The van der Waals surface area contributed by atoms with Crippen molar-refractivity contribution in [1.82, 2.24) is 4.31 Å². The topological polar surface area (TPSA) is 66.9 Å². The molecule has 0 unspecified atom stereocenters. The lowest BCUT2D eigenvalue weighted by Crippen LogP contribution is -2.41. The summed E-state index contributed by atoms with van der Waals surface area (Å²) in [5.41, 5.74) is 1.98. The van der Waals surface area contributed by atoms with Gasteiger partial charge in [0.25, 0.3) is 5.91 Å². The van der Waals surface area contributed by atoms with E-state index in [1.807, 2.05) is 30.3 Å². The number of para-hydroxylation sites is 1. The number of nitrogens with zero attached hydrogens (tertiary/aromatic N) is 2. The van der Waals surface area contributed by atoms with Gasteiger partial charge in [0.1, 0.15) is 0 Å². The minimum Gasteiger partial charge on any atom is -0.379 e. The molecule has 1 aliphatic rings. The quantitative estimate of drug-likeness (QED) is 0.804. The predicted octanol–water partition coefficient (Wildman–Crippen LogP) is 2.13. The van der Waals surface area contributed by atoms with Crippen LogP contribution in [-0.4, -0.2) is 52.0 Å². The molecule has 0 N–H and O–H groups in total. The lowest BCUT2D eigenvalue weighted by Gasteiger charge is -2.26. The van der Waals surface area contributed by atoms with Crippen LogP contribution in [0.2, 0.25) is 0 Å². The van der Waals surface area contributed by atoms with Crippen LogP contribution >= 0.6 is 0 Å². The lowest BCUT2D eigenvalue weighted by atomic mass is 10.1. The van der Waals surface area contributed by atoms with Crippen LogP contribution in [0.1, 0.15) is 15.9 Å². The number of anilines is 1. The van der Waals surface area contributed by atoms with Gasteiger partial charge in [-0.2, -0.15) is 4.31 Å². The highest BCUT2D eigenvalue weighted by Crippen LogP contribution is 2.17. The molecule has 0 spiro atoms. The third-order valence-electron chi connectivity index (χ3n) is 4.36. The molecule has 0 saturated carbocycles. The fraction of sp³-hybridized carbons (Fsp3) is 0.316.